The number of hydrogen-bond donors (Lipinski definition) is 3. The summed E-state index contributed by atoms with van der Waals surface area (Å²) in [5.74, 6) is -1.01. The van der Waals surface area contributed by atoms with Crippen molar-refractivity contribution in [2.75, 3.05) is 5.32 Å². The fraction of sp³-hybridized carbons (Fsp3) is 0.222. The number of carboxylic acid groups (broad SMARTS) is 1. The fourth-order valence-corrected chi connectivity index (χ4v) is 2.36. The normalized spacial score (nSPS) is 10.2. The molecule has 0 atom stereocenters. The first-order valence-corrected chi connectivity index (χ1v) is 6.91. The maximum absolute atomic E-state index is 11.6. The van der Waals surface area contributed by atoms with Crippen LogP contribution < -0.4 is 10.6 Å². The first kappa shape index (κ1) is 14.4. The van der Waals surface area contributed by atoms with Crippen LogP contribution in [0.1, 0.15) is 5.69 Å². The number of amides is 2. The van der Waals surface area contributed by atoms with Crippen LogP contribution in [0.3, 0.4) is 0 Å². The maximum Gasteiger partial charge on any atom is 0.325 e. The van der Waals surface area contributed by atoms with Crippen molar-refractivity contribution in [1.82, 2.24) is 25.3 Å². The molecule has 2 aromatic heterocycles. The third kappa shape index (κ3) is 4.28. The maximum atomic E-state index is 11.6. The second-order valence-corrected chi connectivity index (χ2v) is 5.99. The number of carbonyl (C=O) groups excluding carboxylic acids is 1. The minimum atomic E-state index is -1.01. The van der Waals surface area contributed by atoms with Crippen LogP contribution in [0.25, 0.3) is 0 Å². The van der Waals surface area contributed by atoms with Crippen LogP contribution in [0, 0.1) is 0 Å². The minimum Gasteiger partial charge on any atom is -0.480 e. The van der Waals surface area contributed by atoms with Crippen molar-refractivity contribution in [3.8, 4) is 0 Å². The highest BCUT2D eigenvalue weighted by Gasteiger charge is 2.08. The zero-order valence-corrected chi connectivity index (χ0v) is 12.3. The summed E-state index contributed by atoms with van der Waals surface area (Å²) >= 11 is 4.52. The van der Waals surface area contributed by atoms with E-state index < -0.39 is 12.0 Å². The molecule has 0 aliphatic heterocycles. The number of rotatable bonds is 5. The zero-order chi connectivity index (χ0) is 14.5. The molecule has 0 aromatic carbocycles. The van der Waals surface area contributed by atoms with Gasteiger partial charge in [0.05, 0.1) is 22.7 Å². The zero-order valence-electron chi connectivity index (χ0n) is 9.91. The largest absolute Gasteiger partial charge is 0.480 e. The summed E-state index contributed by atoms with van der Waals surface area (Å²) in [6.07, 6.45) is 3.03. The molecule has 3 N–H and O–H groups in total. The molecule has 0 fully saturated rings. The molecule has 0 aliphatic carbocycles. The molecule has 11 heteroatoms. The Kier molecular flexibility index (Phi) is 4.63. The highest BCUT2D eigenvalue weighted by Crippen LogP contribution is 2.22. The van der Waals surface area contributed by atoms with Crippen LogP contribution in [-0.4, -0.2) is 37.1 Å². The number of anilines is 1. The van der Waals surface area contributed by atoms with Crippen molar-refractivity contribution in [3.63, 3.8) is 0 Å². The number of aromatic nitrogens is 4. The summed E-state index contributed by atoms with van der Waals surface area (Å²) in [6, 6.07) is -0.431. The Bertz CT molecular complexity index is 627. The summed E-state index contributed by atoms with van der Waals surface area (Å²) in [6.45, 7) is -0.135. The molecule has 0 saturated carbocycles. The van der Waals surface area contributed by atoms with E-state index in [4.69, 9.17) is 5.11 Å². The molecular weight excluding hydrogens is 352 g/mol. The van der Waals surface area contributed by atoms with Crippen LogP contribution in [0.4, 0.5) is 9.93 Å². The van der Waals surface area contributed by atoms with E-state index in [0.717, 1.165) is 3.79 Å². The fourth-order valence-electron chi connectivity index (χ4n) is 1.26. The van der Waals surface area contributed by atoms with E-state index >= 15 is 0 Å². The van der Waals surface area contributed by atoms with Gasteiger partial charge in [0, 0.05) is 0 Å². The average molecular weight is 361 g/mol. The first-order chi connectivity index (χ1) is 9.52. The van der Waals surface area contributed by atoms with E-state index in [1.54, 1.807) is 6.20 Å². The van der Waals surface area contributed by atoms with Crippen LogP contribution in [-0.2, 0) is 17.9 Å². The molecule has 0 saturated heterocycles. The van der Waals surface area contributed by atoms with Gasteiger partial charge >= 0.3 is 12.0 Å². The Labute approximate surface area is 125 Å². The number of carboxylic acids is 1. The lowest BCUT2D eigenvalue weighted by Crippen LogP contribution is -2.28. The summed E-state index contributed by atoms with van der Waals surface area (Å²) in [7, 11) is 0. The highest BCUT2D eigenvalue weighted by atomic mass is 79.9. The Balaban J connectivity index is 1.81. The summed E-state index contributed by atoms with van der Waals surface area (Å²) in [5.41, 5.74) is 0.460. The second-order valence-electron chi connectivity index (χ2n) is 3.58. The number of halogens is 1. The molecule has 20 heavy (non-hydrogen) atoms. The predicted molar refractivity (Wildman–Crippen MR) is 73.3 cm³/mol. The third-order valence-corrected chi connectivity index (χ3v) is 3.40. The first-order valence-electron chi connectivity index (χ1n) is 5.30. The van der Waals surface area contributed by atoms with Gasteiger partial charge in [-0.15, -0.1) is 5.10 Å². The third-order valence-electron chi connectivity index (χ3n) is 2.01. The Hall–Kier alpha value is -2.01. The van der Waals surface area contributed by atoms with Crippen molar-refractivity contribution in [3.05, 3.63) is 21.9 Å². The molecule has 0 aliphatic rings. The van der Waals surface area contributed by atoms with Crippen LogP contribution in [0.2, 0.25) is 0 Å². The molecule has 2 rings (SSSR count). The molecule has 2 aromatic rings. The molecule has 9 nitrogen and oxygen atoms in total. The number of urea groups is 1. The smallest absolute Gasteiger partial charge is 0.325 e. The second kappa shape index (κ2) is 6.43. The number of thiazole rings is 1. The van der Waals surface area contributed by atoms with Crippen molar-refractivity contribution >= 4 is 44.4 Å². The highest BCUT2D eigenvalue weighted by molar-refractivity contribution is 9.11. The van der Waals surface area contributed by atoms with Crippen molar-refractivity contribution in [2.24, 2.45) is 0 Å². The number of nitrogens with zero attached hydrogens (tertiary/aromatic N) is 4. The van der Waals surface area contributed by atoms with Gasteiger partial charge in [-0.1, -0.05) is 16.6 Å². The molecule has 0 radical (unpaired) electrons. The number of nitrogens with one attached hydrogen (secondary N) is 2. The molecule has 0 bridgehead atoms. The van der Waals surface area contributed by atoms with E-state index in [0.29, 0.717) is 10.8 Å². The van der Waals surface area contributed by atoms with Gasteiger partial charge in [0.2, 0.25) is 0 Å². The molecule has 2 heterocycles. The van der Waals surface area contributed by atoms with Gasteiger partial charge in [0.25, 0.3) is 0 Å². The van der Waals surface area contributed by atoms with Crippen molar-refractivity contribution in [2.45, 2.75) is 13.1 Å². The number of carbonyl (C=O) groups is 2. The summed E-state index contributed by atoms with van der Waals surface area (Å²) in [4.78, 5) is 26.0. The lowest BCUT2D eigenvalue weighted by atomic mass is 10.5. The van der Waals surface area contributed by atoms with E-state index in [1.807, 2.05) is 0 Å². The number of aliphatic carboxylic acids is 1. The van der Waals surface area contributed by atoms with Gasteiger partial charge in [-0.3, -0.25) is 10.1 Å². The van der Waals surface area contributed by atoms with E-state index in [-0.39, 0.29) is 13.1 Å². The van der Waals surface area contributed by atoms with Crippen LogP contribution in [0.5, 0.6) is 0 Å². The minimum absolute atomic E-state index is 0.137. The topological polar surface area (TPSA) is 122 Å². The van der Waals surface area contributed by atoms with E-state index in [2.05, 4.69) is 41.9 Å². The monoisotopic (exact) mass is 360 g/mol. The molecule has 0 unspecified atom stereocenters. The molecule has 0 spiro atoms. The molecule has 2 amide bonds. The SMILES string of the molecule is O=C(O)Cn1cc(CNC(=O)Nc2ncc(Br)s2)nn1. The van der Waals surface area contributed by atoms with Crippen molar-refractivity contribution in [1.29, 1.82) is 0 Å². The Morgan fingerprint density at radius 3 is 2.95 bits per heavy atom. The van der Waals surface area contributed by atoms with Gasteiger partial charge in [0.1, 0.15) is 12.2 Å². The lowest BCUT2D eigenvalue weighted by molar-refractivity contribution is -0.137. The summed E-state index contributed by atoms with van der Waals surface area (Å²) in [5, 5.41) is 21.5. The quantitative estimate of drug-likeness (QED) is 0.728. The number of hydrogen-bond acceptors (Lipinski definition) is 6. The Morgan fingerprint density at radius 1 is 1.50 bits per heavy atom. The van der Waals surface area contributed by atoms with Gasteiger partial charge in [-0.25, -0.2) is 14.5 Å². The van der Waals surface area contributed by atoms with Gasteiger partial charge in [-0.05, 0) is 15.9 Å². The van der Waals surface area contributed by atoms with Crippen molar-refractivity contribution < 1.29 is 14.7 Å². The van der Waals surface area contributed by atoms with E-state index in [9.17, 15) is 9.59 Å². The van der Waals surface area contributed by atoms with Gasteiger partial charge < -0.3 is 10.4 Å². The van der Waals surface area contributed by atoms with Gasteiger partial charge in [0.15, 0.2) is 5.13 Å². The van der Waals surface area contributed by atoms with Crippen LogP contribution in [0.15, 0.2) is 16.2 Å². The summed E-state index contributed by atoms with van der Waals surface area (Å²) < 4.78 is 1.99. The van der Waals surface area contributed by atoms with Crippen LogP contribution >= 0.6 is 27.3 Å². The molecular formula is C9H9BrN6O3S. The molecule has 106 valence electrons. The predicted octanol–water partition coefficient (Wildman–Crippen LogP) is 0.903. The standard InChI is InChI=1S/C9H9BrN6O3S/c10-6-2-12-9(20-6)13-8(19)11-1-5-3-16(15-14-5)4-7(17)18/h2-3H,1,4H2,(H,17,18)(H2,11,12,13,19). The van der Waals surface area contributed by atoms with Gasteiger partial charge in [-0.2, -0.15) is 0 Å². The lowest BCUT2D eigenvalue weighted by Gasteiger charge is -2.02. The average Bonchev–Trinajstić information content (AvgIpc) is 2.96. The Morgan fingerprint density at radius 2 is 2.30 bits per heavy atom. The van der Waals surface area contributed by atoms with E-state index in [1.165, 1.54) is 22.2 Å².